The van der Waals surface area contributed by atoms with E-state index >= 15 is 0 Å². The first-order valence-corrected chi connectivity index (χ1v) is 12.6. The van der Waals surface area contributed by atoms with Gasteiger partial charge in [0, 0.05) is 45.6 Å². The van der Waals surface area contributed by atoms with Gasteiger partial charge in [-0.05, 0) is 54.7 Å². The van der Waals surface area contributed by atoms with E-state index in [1.54, 1.807) is 36.2 Å². The number of rotatable bonds is 10. The Kier molecular flexibility index (Phi) is 10.1. The van der Waals surface area contributed by atoms with Gasteiger partial charge in [-0.3, -0.25) is 19.3 Å². The fourth-order valence-corrected chi connectivity index (χ4v) is 4.86. The molecule has 3 rings (SSSR count). The predicted molar refractivity (Wildman–Crippen MR) is 138 cm³/mol. The molecule has 1 aliphatic rings. The second-order valence-corrected chi connectivity index (χ2v) is 9.76. The summed E-state index contributed by atoms with van der Waals surface area (Å²) >= 11 is 12.2. The second kappa shape index (κ2) is 13.0. The molecule has 0 aliphatic carbocycles. The lowest BCUT2D eigenvalue weighted by Crippen LogP contribution is -2.60. The van der Waals surface area contributed by atoms with Crippen LogP contribution in [0.5, 0.6) is 0 Å². The minimum Gasteiger partial charge on any atom is -0.370 e. The number of hydrogen-bond donors (Lipinski definition) is 2. The van der Waals surface area contributed by atoms with Gasteiger partial charge < -0.3 is 16.0 Å². The number of primary amides is 1. The molecule has 1 fully saturated rings. The summed E-state index contributed by atoms with van der Waals surface area (Å²) < 4.78 is 13.2. The molecule has 36 heavy (non-hydrogen) atoms. The van der Waals surface area contributed by atoms with E-state index in [-0.39, 0.29) is 36.5 Å². The molecule has 10 heteroatoms. The van der Waals surface area contributed by atoms with Crippen LogP contribution < -0.4 is 11.1 Å². The number of nitrogens with zero attached hydrogens (tertiary/aromatic N) is 2. The zero-order chi connectivity index (χ0) is 26.2. The molecule has 194 valence electrons. The fourth-order valence-electron chi connectivity index (χ4n) is 4.54. The molecular formula is C26H31Cl2FN4O3. The number of carbonyl (C=O) groups excluding carboxylic acids is 3. The summed E-state index contributed by atoms with van der Waals surface area (Å²) in [6.45, 7) is 1.34. The van der Waals surface area contributed by atoms with Gasteiger partial charge in [0.15, 0.2) is 0 Å². The van der Waals surface area contributed by atoms with E-state index in [0.717, 1.165) is 11.1 Å². The number of aryl methyl sites for hydroxylation is 1. The van der Waals surface area contributed by atoms with Crippen LogP contribution in [0.15, 0.2) is 42.5 Å². The van der Waals surface area contributed by atoms with Crippen LogP contribution in [0.1, 0.15) is 30.4 Å². The summed E-state index contributed by atoms with van der Waals surface area (Å²) in [5.74, 6) is -0.955. The number of amides is 3. The Morgan fingerprint density at radius 1 is 1.06 bits per heavy atom. The van der Waals surface area contributed by atoms with Crippen LogP contribution in [0.25, 0.3) is 0 Å². The third-order valence-corrected chi connectivity index (χ3v) is 7.24. The molecule has 3 amide bonds. The maximum absolute atomic E-state index is 13.2. The van der Waals surface area contributed by atoms with Gasteiger partial charge >= 0.3 is 0 Å². The molecule has 1 aliphatic heterocycles. The van der Waals surface area contributed by atoms with Crippen molar-refractivity contribution in [3.8, 4) is 0 Å². The molecule has 0 radical (unpaired) electrons. The topological polar surface area (TPSA) is 95.7 Å². The van der Waals surface area contributed by atoms with E-state index in [2.05, 4.69) is 5.32 Å². The Morgan fingerprint density at radius 3 is 2.39 bits per heavy atom. The molecule has 0 bridgehead atoms. The highest BCUT2D eigenvalue weighted by atomic mass is 35.5. The van der Waals surface area contributed by atoms with Crippen LogP contribution in [0.4, 0.5) is 4.39 Å². The first-order valence-electron chi connectivity index (χ1n) is 11.9. The van der Waals surface area contributed by atoms with E-state index in [1.807, 2.05) is 11.0 Å². The normalized spacial score (nSPS) is 17.0. The van der Waals surface area contributed by atoms with E-state index in [9.17, 15) is 18.8 Å². The zero-order valence-electron chi connectivity index (χ0n) is 20.2. The van der Waals surface area contributed by atoms with Gasteiger partial charge in [-0.1, -0.05) is 41.4 Å². The summed E-state index contributed by atoms with van der Waals surface area (Å²) in [5.41, 5.74) is 7.14. The number of nitrogens with one attached hydrogen (secondary N) is 1. The van der Waals surface area contributed by atoms with Crippen LogP contribution in [0.2, 0.25) is 10.0 Å². The fraction of sp³-hybridized carbons (Fsp3) is 0.423. The zero-order valence-corrected chi connectivity index (χ0v) is 21.7. The second-order valence-electron chi connectivity index (χ2n) is 8.95. The summed E-state index contributed by atoms with van der Waals surface area (Å²) in [7, 11) is 1.59. The predicted octanol–water partition coefficient (Wildman–Crippen LogP) is 3.20. The molecule has 0 spiro atoms. The third kappa shape index (κ3) is 7.66. The Morgan fingerprint density at radius 2 is 1.75 bits per heavy atom. The lowest BCUT2D eigenvalue weighted by molar-refractivity contribution is -0.138. The van der Waals surface area contributed by atoms with Crippen molar-refractivity contribution >= 4 is 40.9 Å². The van der Waals surface area contributed by atoms with Gasteiger partial charge in [0.25, 0.3) is 0 Å². The molecule has 1 saturated heterocycles. The molecule has 7 nitrogen and oxygen atoms in total. The van der Waals surface area contributed by atoms with Crippen molar-refractivity contribution in [2.24, 2.45) is 5.73 Å². The minimum absolute atomic E-state index is 0.0468. The summed E-state index contributed by atoms with van der Waals surface area (Å²) in [4.78, 5) is 41.3. The van der Waals surface area contributed by atoms with Crippen molar-refractivity contribution in [3.63, 3.8) is 0 Å². The van der Waals surface area contributed by atoms with Crippen molar-refractivity contribution in [3.05, 3.63) is 69.5 Å². The third-order valence-electron chi connectivity index (χ3n) is 6.50. The lowest BCUT2D eigenvalue weighted by Gasteiger charge is -2.44. The van der Waals surface area contributed by atoms with Crippen LogP contribution in [0, 0.1) is 5.82 Å². The number of halogens is 3. The van der Waals surface area contributed by atoms with E-state index in [0.29, 0.717) is 48.9 Å². The first kappa shape index (κ1) is 27.9. The van der Waals surface area contributed by atoms with Crippen molar-refractivity contribution in [2.75, 3.05) is 26.7 Å². The number of likely N-dealkylation sites (N-methyl/N-ethyl adjacent to an activating group) is 1. The van der Waals surface area contributed by atoms with E-state index < -0.39 is 11.9 Å². The van der Waals surface area contributed by atoms with Gasteiger partial charge in [0.05, 0.1) is 16.1 Å². The number of carbonyl (C=O) groups is 3. The van der Waals surface area contributed by atoms with Gasteiger partial charge in [-0.25, -0.2) is 4.39 Å². The summed E-state index contributed by atoms with van der Waals surface area (Å²) in [5, 5.41) is 3.59. The first-order chi connectivity index (χ1) is 17.2. The molecule has 1 heterocycles. The Hall–Kier alpha value is -2.68. The maximum atomic E-state index is 13.2. The van der Waals surface area contributed by atoms with Crippen LogP contribution >= 0.6 is 23.2 Å². The van der Waals surface area contributed by atoms with Crippen molar-refractivity contribution in [2.45, 2.75) is 44.2 Å². The minimum atomic E-state index is -0.486. The Bertz CT molecular complexity index is 1080. The molecule has 0 saturated carbocycles. The number of nitrogens with two attached hydrogens (primary N) is 1. The van der Waals surface area contributed by atoms with Crippen molar-refractivity contribution in [1.82, 2.24) is 15.1 Å². The Labute approximate surface area is 220 Å². The van der Waals surface area contributed by atoms with E-state index in [4.69, 9.17) is 28.9 Å². The summed E-state index contributed by atoms with van der Waals surface area (Å²) in [6, 6.07) is 10.6. The lowest BCUT2D eigenvalue weighted by atomic mass is 9.99. The van der Waals surface area contributed by atoms with Crippen molar-refractivity contribution in [1.29, 1.82) is 0 Å². The van der Waals surface area contributed by atoms with Gasteiger partial charge in [0.1, 0.15) is 5.82 Å². The molecule has 2 atom stereocenters. The van der Waals surface area contributed by atoms with E-state index in [1.165, 1.54) is 12.1 Å². The standard InChI is InChI=1S/C26H31Cl2FN4O3/c1-31-26(36)23(15-18-4-9-21(27)22(28)14-18)32-12-13-33(20(16-32)8-10-24(30)34)25(35)11-5-17-2-6-19(29)7-3-17/h2-4,6-7,9,14,20,23H,5,8,10-13,15-16H2,1H3,(H2,30,34)(H,31,36). The molecule has 2 unspecified atom stereocenters. The molecular weight excluding hydrogens is 506 g/mol. The smallest absolute Gasteiger partial charge is 0.237 e. The number of hydrogen-bond acceptors (Lipinski definition) is 4. The quantitative estimate of drug-likeness (QED) is 0.487. The monoisotopic (exact) mass is 536 g/mol. The highest BCUT2D eigenvalue weighted by Crippen LogP contribution is 2.25. The largest absolute Gasteiger partial charge is 0.370 e. The van der Waals surface area contributed by atoms with Crippen LogP contribution in [0.3, 0.4) is 0 Å². The number of benzene rings is 2. The highest BCUT2D eigenvalue weighted by molar-refractivity contribution is 6.42. The molecule has 0 aromatic heterocycles. The van der Waals surface area contributed by atoms with Gasteiger partial charge in [0.2, 0.25) is 17.7 Å². The average Bonchev–Trinajstić information content (AvgIpc) is 2.87. The SMILES string of the molecule is CNC(=O)C(Cc1ccc(Cl)c(Cl)c1)N1CCN(C(=O)CCc2ccc(F)cc2)C(CCC(N)=O)C1. The summed E-state index contributed by atoms with van der Waals surface area (Å²) in [6.07, 6.45) is 1.71. The number of piperazine rings is 1. The highest BCUT2D eigenvalue weighted by Gasteiger charge is 2.35. The maximum Gasteiger partial charge on any atom is 0.237 e. The molecule has 3 N–H and O–H groups in total. The molecule has 2 aromatic rings. The van der Waals surface area contributed by atoms with Crippen molar-refractivity contribution < 1.29 is 18.8 Å². The van der Waals surface area contributed by atoms with Gasteiger partial charge in [-0.2, -0.15) is 0 Å². The van der Waals surface area contributed by atoms with Crippen LogP contribution in [-0.2, 0) is 27.2 Å². The Balaban J connectivity index is 1.73. The average molecular weight is 537 g/mol. The molecule has 2 aromatic carbocycles. The van der Waals surface area contributed by atoms with Crippen LogP contribution in [-0.4, -0.2) is 66.3 Å². The van der Waals surface area contributed by atoms with Gasteiger partial charge in [-0.15, -0.1) is 0 Å².